The van der Waals surface area contributed by atoms with Gasteiger partial charge in [-0.05, 0) is 39.1 Å². The number of benzene rings is 1. The van der Waals surface area contributed by atoms with Gasteiger partial charge in [-0.3, -0.25) is 9.80 Å². The van der Waals surface area contributed by atoms with Crippen LogP contribution in [0, 0.1) is 5.82 Å². The lowest BCUT2D eigenvalue weighted by Crippen LogP contribution is -2.57. The average Bonchev–Trinajstić information content (AvgIpc) is 2.28. The second kappa shape index (κ2) is 4.86. The zero-order chi connectivity index (χ0) is 13.3. The summed E-state index contributed by atoms with van der Waals surface area (Å²) in [4.78, 5) is 4.59. The van der Waals surface area contributed by atoms with Gasteiger partial charge in [0.1, 0.15) is 11.6 Å². The smallest absolute Gasteiger partial charge is 0.123 e. The van der Waals surface area contributed by atoms with E-state index in [0.29, 0.717) is 12.1 Å². The fourth-order valence-electron chi connectivity index (χ4n) is 2.40. The number of rotatable bonds is 2. The zero-order valence-electron chi connectivity index (χ0n) is 11.3. The molecule has 1 heterocycles. The van der Waals surface area contributed by atoms with Gasteiger partial charge in [0, 0.05) is 37.3 Å². The van der Waals surface area contributed by atoms with Gasteiger partial charge in [-0.25, -0.2) is 4.39 Å². The highest BCUT2D eigenvalue weighted by molar-refractivity contribution is 5.32. The molecule has 1 aliphatic heterocycles. The Kier molecular flexibility index (Phi) is 3.59. The van der Waals surface area contributed by atoms with E-state index in [1.165, 1.54) is 18.2 Å². The van der Waals surface area contributed by atoms with Crippen LogP contribution in [0.1, 0.15) is 19.4 Å². The van der Waals surface area contributed by atoms with E-state index in [9.17, 15) is 9.50 Å². The van der Waals surface area contributed by atoms with E-state index >= 15 is 0 Å². The Balaban J connectivity index is 2.08. The van der Waals surface area contributed by atoms with Gasteiger partial charge in [0.15, 0.2) is 0 Å². The van der Waals surface area contributed by atoms with Crippen molar-refractivity contribution in [1.29, 1.82) is 0 Å². The molecule has 0 atom stereocenters. The number of piperazine rings is 1. The summed E-state index contributed by atoms with van der Waals surface area (Å²) in [6.07, 6.45) is 0. The van der Waals surface area contributed by atoms with Crippen molar-refractivity contribution in [2.45, 2.75) is 25.9 Å². The van der Waals surface area contributed by atoms with Gasteiger partial charge < -0.3 is 5.11 Å². The van der Waals surface area contributed by atoms with Crippen LogP contribution in [0.4, 0.5) is 4.39 Å². The molecular weight excluding hydrogens is 231 g/mol. The molecule has 1 aromatic rings. The Morgan fingerprint density at radius 1 is 1.33 bits per heavy atom. The highest BCUT2D eigenvalue weighted by Gasteiger charge is 2.31. The summed E-state index contributed by atoms with van der Waals surface area (Å²) in [7, 11) is 2.12. The normalized spacial score (nSPS) is 21.1. The van der Waals surface area contributed by atoms with Gasteiger partial charge in [0.25, 0.3) is 0 Å². The zero-order valence-corrected chi connectivity index (χ0v) is 11.3. The summed E-state index contributed by atoms with van der Waals surface area (Å²) in [5.41, 5.74) is 0.775. The first-order valence-electron chi connectivity index (χ1n) is 6.29. The second-order valence-electron chi connectivity index (χ2n) is 5.72. The second-order valence-corrected chi connectivity index (χ2v) is 5.72. The minimum Gasteiger partial charge on any atom is -0.508 e. The van der Waals surface area contributed by atoms with Crippen molar-refractivity contribution in [3.63, 3.8) is 0 Å². The molecule has 1 fully saturated rings. The topological polar surface area (TPSA) is 26.7 Å². The van der Waals surface area contributed by atoms with Crippen LogP contribution in [0.2, 0.25) is 0 Å². The largest absolute Gasteiger partial charge is 0.508 e. The summed E-state index contributed by atoms with van der Waals surface area (Å²) in [6.45, 7) is 7.84. The summed E-state index contributed by atoms with van der Waals surface area (Å²) >= 11 is 0. The van der Waals surface area contributed by atoms with Crippen LogP contribution < -0.4 is 0 Å². The molecule has 1 aliphatic rings. The van der Waals surface area contributed by atoms with E-state index in [1.807, 2.05) is 0 Å². The highest BCUT2D eigenvalue weighted by Crippen LogP contribution is 2.24. The van der Waals surface area contributed by atoms with Crippen LogP contribution in [0.3, 0.4) is 0 Å². The Bertz CT molecular complexity index is 434. The standard InChI is InChI=1S/C14H21FN2O/c1-14(2)10-17(7-6-16(14)3)9-11-8-12(15)4-5-13(11)18/h4-5,8,18H,6-7,9-10H2,1-3H3. The molecule has 4 heteroatoms. The van der Waals surface area contributed by atoms with Crippen molar-refractivity contribution < 1.29 is 9.50 Å². The first-order valence-corrected chi connectivity index (χ1v) is 6.29. The molecule has 1 aromatic carbocycles. The van der Waals surface area contributed by atoms with Crippen molar-refractivity contribution in [1.82, 2.24) is 9.80 Å². The van der Waals surface area contributed by atoms with Crippen LogP contribution in [-0.2, 0) is 6.54 Å². The molecule has 0 bridgehead atoms. The fourth-order valence-corrected chi connectivity index (χ4v) is 2.40. The van der Waals surface area contributed by atoms with Crippen molar-refractivity contribution in [3.8, 4) is 5.75 Å². The van der Waals surface area contributed by atoms with Gasteiger partial charge in [-0.2, -0.15) is 0 Å². The number of hydrogen-bond donors (Lipinski definition) is 1. The minimum atomic E-state index is -0.295. The number of phenols is 1. The van der Waals surface area contributed by atoms with E-state index < -0.39 is 0 Å². The predicted molar refractivity (Wildman–Crippen MR) is 70.1 cm³/mol. The number of hydrogen-bond acceptors (Lipinski definition) is 3. The number of halogens is 1. The summed E-state index contributed by atoms with van der Waals surface area (Å²) in [5.74, 6) is -0.121. The predicted octanol–water partition coefficient (Wildman–Crippen LogP) is 2.06. The molecule has 0 amide bonds. The van der Waals surface area contributed by atoms with Gasteiger partial charge >= 0.3 is 0 Å². The monoisotopic (exact) mass is 252 g/mol. The lowest BCUT2D eigenvalue weighted by molar-refractivity contribution is 0.0356. The van der Waals surface area contributed by atoms with Gasteiger partial charge in [-0.1, -0.05) is 0 Å². The molecule has 1 saturated heterocycles. The van der Waals surface area contributed by atoms with Gasteiger partial charge in [0.05, 0.1) is 0 Å². The quantitative estimate of drug-likeness (QED) is 0.872. The number of nitrogens with zero attached hydrogens (tertiary/aromatic N) is 2. The van der Waals surface area contributed by atoms with Gasteiger partial charge in [-0.15, -0.1) is 0 Å². The molecule has 18 heavy (non-hydrogen) atoms. The Hall–Kier alpha value is -1.13. The molecule has 0 radical (unpaired) electrons. The Morgan fingerprint density at radius 2 is 2.06 bits per heavy atom. The van der Waals surface area contributed by atoms with Crippen LogP contribution in [0.15, 0.2) is 18.2 Å². The lowest BCUT2D eigenvalue weighted by atomic mass is 9.99. The summed E-state index contributed by atoms with van der Waals surface area (Å²) in [5, 5.41) is 9.74. The molecule has 3 nitrogen and oxygen atoms in total. The number of phenolic OH excluding ortho intramolecular Hbond substituents is 1. The van der Waals surface area contributed by atoms with Gasteiger partial charge in [0.2, 0.25) is 0 Å². The molecule has 0 spiro atoms. The third-order valence-electron chi connectivity index (χ3n) is 3.83. The lowest BCUT2D eigenvalue weighted by Gasteiger charge is -2.45. The van der Waals surface area contributed by atoms with Crippen molar-refractivity contribution >= 4 is 0 Å². The molecule has 0 unspecified atom stereocenters. The summed E-state index contributed by atoms with van der Waals surface area (Å²) in [6, 6.07) is 4.12. The van der Waals surface area contributed by atoms with Crippen molar-refractivity contribution in [3.05, 3.63) is 29.6 Å². The highest BCUT2D eigenvalue weighted by atomic mass is 19.1. The maximum Gasteiger partial charge on any atom is 0.123 e. The Labute approximate surface area is 108 Å². The molecule has 0 saturated carbocycles. The molecule has 0 aromatic heterocycles. The maximum atomic E-state index is 13.2. The average molecular weight is 252 g/mol. The number of likely N-dealkylation sites (N-methyl/N-ethyl adjacent to an activating group) is 1. The molecule has 2 rings (SSSR count). The van der Waals surface area contributed by atoms with Crippen LogP contribution in [-0.4, -0.2) is 47.1 Å². The molecule has 1 N–H and O–H groups in total. The van der Waals surface area contributed by atoms with E-state index in [4.69, 9.17) is 0 Å². The maximum absolute atomic E-state index is 13.2. The minimum absolute atomic E-state index is 0.112. The van der Waals surface area contributed by atoms with E-state index in [-0.39, 0.29) is 17.1 Å². The first kappa shape index (κ1) is 13.3. The SMILES string of the molecule is CN1CCN(Cc2cc(F)ccc2O)CC1(C)C. The van der Waals surface area contributed by atoms with E-state index in [0.717, 1.165) is 19.6 Å². The Morgan fingerprint density at radius 3 is 2.72 bits per heavy atom. The van der Waals surface area contributed by atoms with Crippen molar-refractivity contribution in [2.75, 3.05) is 26.7 Å². The number of aromatic hydroxyl groups is 1. The van der Waals surface area contributed by atoms with Crippen molar-refractivity contribution in [2.24, 2.45) is 0 Å². The van der Waals surface area contributed by atoms with E-state index in [2.05, 4.69) is 30.7 Å². The third-order valence-corrected chi connectivity index (χ3v) is 3.83. The first-order chi connectivity index (χ1) is 8.38. The summed E-state index contributed by atoms with van der Waals surface area (Å²) < 4.78 is 13.2. The van der Waals surface area contributed by atoms with E-state index in [1.54, 1.807) is 0 Å². The molecular formula is C14H21FN2O. The fraction of sp³-hybridized carbons (Fsp3) is 0.571. The van der Waals surface area contributed by atoms with Crippen LogP contribution >= 0.6 is 0 Å². The molecule has 0 aliphatic carbocycles. The molecule has 100 valence electrons. The van der Waals surface area contributed by atoms with Crippen LogP contribution in [0.5, 0.6) is 5.75 Å². The third kappa shape index (κ3) is 2.82. The van der Waals surface area contributed by atoms with Crippen LogP contribution in [0.25, 0.3) is 0 Å².